The third kappa shape index (κ3) is 8.09. The number of nitrogens with zero attached hydrogens (tertiary/aromatic N) is 4. The molecule has 0 atom stereocenters. The lowest BCUT2D eigenvalue weighted by Gasteiger charge is -2.26. The maximum absolute atomic E-state index is 11.6. The molecule has 0 unspecified atom stereocenters. The van der Waals surface area contributed by atoms with Crippen LogP contribution < -0.4 is 15.4 Å². The van der Waals surface area contributed by atoms with Crippen LogP contribution in [0.4, 0.5) is 5.95 Å². The van der Waals surface area contributed by atoms with Crippen molar-refractivity contribution in [2.75, 3.05) is 57.4 Å². The van der Waals surface area contributed by atoms with Crippen LogP contribution in [0.1, 0.15) is 52.5 Å². The van der Waals surface area contributed by atoms with Crippen LogP contribution in [0.5, 0.6) is 5.88 Å². The number of amides is 1. The highest BCUT2D eigenvalue weighted by molar-refractivity contribution is 5.91. The van der Waals surface area contributed by atoms with Crippen LogP contribution >= 0.6 is 0 Å². The number of hydrogen-bond donors (Lipinski definition) is 1. The molecule has 1 amide bonds. The fourth-order valence-corrected chi connectivity index (χ4v) is 2.71. The van der Waals surface area contributed by atoms with Crippen molar-refractivity contribution in [3.63, 3.8) is 0 Å². The number of nitrogens with two attached hydrogens (primary N) is 1. The number of morpholine rings is 1. The molecule has 8 nitrogen and oxygen atoms in total. The number of hydrogen-bond acceptors (Lipinski definition) is 7. The normalized spacial score (nSPS) is 14.2. The largest absolute Gasteiger partial charge is 0.476 e. The first-order chi connectivity index (χ1) is 13.1. The molecule has 0 saturated carbocycles. The van der Waals surface area contributed by atoms with Crippen LogP contribution in [0, 0.1) is 0 Å². The molecule has 1 aromatic heterocycles. The highest BCUT2D eigenvalue weighted by Crippen LogP contribution is 2.17. The third-order valence-corrected chi connectivity index (χ3v) is 3.97. The Labute approximate surface area is 164 Å². The summed E-state index contributed by atoms with van der Waals surface area (Å²) < 4.78 is 11.1. The summed E-state index contributed by atoms with van der Waals surface area (Å²) in [6.07, 6.45) is 1.94. The molecule has 0 aliphatic carbocycles. The van der Waals surface area contributed by atoms with Gasteiger partial charge < -0.3 is 20.1 Å². The number of anilines is 1. The molecular weight excluding hydrogens is 346 g/mol. The predicted molar refractivity (Wildman–Crippen MR) is 110 cm³/mol. The van der Waals surface area contributed by atoms with Crippen LogP contribution in [0.15, 0.2) is 6.07 Å². The van der Waals surface area contributed by atoms with Gasteiger partial charge >= 0.3 is 0 Å². The van der Waals surface area contributed by atoms with Gasteiger partial charge in [-0.3, -0.25) is 9.69 Å². The van der Waals surface area contributed by atoms with Gasteiger partial charge in [0.2, 0.25) is 11.8 Å². The lowest BCUT2D eigenvalue weighted by Crippen LogP contribution is -2.38. The summed E-state index contributed by atoms with van der Waals surface area (Å²) in [5, 5.41) is 0. The van der Waals surface area contributed by atoms with Gasteiger partial charge in [0.15, 0.2) is 0 Å². The standard InChI is InChI=1S/C17H29N5O3.C2H6.H2/c1-3-5-22(6-4-2)17-19-14(16(18)23)13-15(20-17)25-12-9-21-7-10-24-11-8-21;1-2;/h13H,3-12H2,1-2H3,(H2,18,23);1-2H3;1H. The Bertz CT molecular complexity index is 550. The van der Waals surface area contributed by atoms with Gasteiger partial charge in [-0.2, -0.15) is 4.98 Å². The minimum Gasteiger partial charge on any atom is -0.476 e. The van der Waals surface area contributed by atoms with Gasteiger partial charge in [0, 0.05) is 40.2 Å². The van der Waals surface area contributed by atoms with Crippen molar-refractivity contribution in [3.05, 3.63) is 11.8 Å². The van der Waals surface area contributed by atoms with E-state index in [-0.39, 0.29) is 7.12 Å². The highest BCUT2D eigenvalue weighted by Gasteiger charge is 2.15. The van der Waals surface area contributed by atoms with Crippen molar-refractivity contribution < 1.29 is 15.7 Å². The average Bonchev–Trinajstić information content (AvgIpc) is 2.70. The van der Waals surface area contributed by atoms with E-state index >= 15 is 0 Å². The first-order valence-corrected chi connectivity index (χ1v) is 10.0. The lowest BCUT2D eigenvalue weighted by atomic mass is 10.3. The fraction of sp³-hybridized carbons (Fsp3) is 0.737. The second-order valence-electron chi connectivity index (χ2n) is 6.05. The molecule has 27 heavy (non-hydrogen) atoms. The molecular formula is C19H37N5O3. The van der Waals surface area contributed by atoms with Gasteiger partial charge in [0.25, 0.3) is 5.91 Å². The van der Waals surface area contributed by atoms with Crippen molar-refractivity contribution in [1.82, 2.24) is 14.9 Å². The van der Waals surface area contributed by atoms with Crippen LogP contribution in [0.25, 0.3) is 0 Å². The molecule has 2 heterocycles. The van der Waals surface area contributed by atoms with E-state index in [9.17, 15) is 4.79 Å². The molecule has 1 aliphatic heterocycles. The van der Waals surface area contributed by atoms with Gasteiger partial charge in [-0.05, 0) is 12.8 Å². The molecule has 0 spiro atoms. The third-order valence-electron chi connectivity index (χ3n) is 3.97. The molecule has 0 bridgehead atoms. The zero-order chi connectivity index (χ0) is 20.1. The van der Waals surface area contributed by atoms with Crippen LogP contribution in [-0.4, -0.2) is 73.3 Å². The number of aromatic nitrogens is 2. The van der Waals surface area contributed by atoms with Crippen LogP contribution in [-0.2, 0) is 4.74 Å². The quantitative estimate of drug-likeness (QED) is 0.662. The van der Waals surface area contributed by atoms with E-state index in [2.05, 4.69) is 33.6 Å². The molecule has 1 aliphatic rings. The van der Waals surface area contributed by atoms with E-state index in [1.807, 2.05) is 13.8 Å². The minimum atomic E-state index is -0.574. The summed E-state index contributed by atoms with van der Waals surface area (Å²) in [5.74, 6) is 0.320. The molecule has 1 saturated heterocycles. The summed E-state index contributed by atoms with van der Waals surface area (Å²) in [7, 11) is 0. The second-order valence-corrected chi connectivity index (χ2v) is 6.05. The molecule has 8 heteroatoms. The molecule has 1 aromatic rings. The monoisotopic (exact) mass is 383 g/mol. The van der Waals surface area contributed by atoms with E-state index in [0.29, 0.717) is 18.4 Å². The number of ether oxygens (including phenoxy) is 2. The van der Waals surface area contributed by atoms with Crippen molar-refractivity contribution in [2.45, 2.75) is 40.5 Å². The molecule has 156 valence electrons. The summed E-state index contributed by atoms with van der Waals surface area (Å²) in [4.78, 5) is 24.7. The van der Waals surface area contributed by atoms with Gasteiger partial charge in [-0.25, -0.2) is 4.98 Å². The average molecular weight is 384 g/mol. The van der Waals surface area contributed by atoms with Crippen molar-refractivity contribution >= 4 is 11.9 Å². The Balaban J connectivity index is 0.00000235. The summed E-state index contributed by atoms with van der Waals surface area (Å²) in [6, 6.07) is 1.52. The minimum absolute atomic E-state index is 0. The molecule has 0 aromatic carbocycles. The topological polar surface area (TPSA) is 93.8 Å². The van der Waals surface area contributed by atoms with Crippen molar-refractivity contribution in [2.24, 2.45) is 5.73 Å². The maximum atomic E-state index is 11.6. The van der Waals surface area contributed by atoms with E-state index < -0.39 is 5.91 Å². The summed E-state index contributed by atoms with van der Waals surface area (Å²) in [6.45, 7) is 14.5. The zero-order valence-electron chi connectivity index (χ0n) is 17.2. The predicted octanol–water partition coefficient (Wildman–Crippen LogP) is 2.19. The number of rotatable bonds is 10. The van der Waals surface area contributed by atoms with Crippen molar-refractivity contribution in [1.29, 1.82) is 0 Å². The van der Waals surface area contributed by atoms with E-state index in [4.69, 9.17) is 15.2 Å². The summed E-state index contributed by atoms with van der Waals surface area (Å²) >= 11 is 0. The highest BCUT2D eigenvalue weighted by atomic mass is 16.5. The number of carbonyl (C=O) groups excluding carboxylic acids is 1. The Kier molecular flexibility index (Phi) is 11.4. The molecule has 1 fully saturated rings. The molecule has 2 rings (SSSR count). The Morgan fingerprint density at radius 2 is 1.89 bits per heavy atom. The van der Waals surface area contributed by atoms with Crippen molar-refractivity contribution in [3.8, 4) is 5.88 Å². The lowest BCUT2D eigenvalue weighted by molar-refractivity contribution is 0.0320. The Morgan fingerprint density at radius 1 is 1.26 bits per heavy atom. The maximum Gasteiger partial charge on any atom is 0.267 e. The van der Waals surface area contributed by atoms with Gasteiger partial charge in [-0.15, -0.1) is 0 Å². The van der Waals surface area contributed by atoms with E-state index in [1.54, 1.807) is 0 Å². The smallest absolute Gasteiger partial charge is 0.267 e. The fourth-order valence-electron chi connectivity index (χ4n) is 2.71. The number of carbonyl (C=O) groups is 1. The van der Waals surface area contributed by atoms with E-state index in [0.717, 1.165) is 58.8 Å². The van der Waals surface area contributed by atoms with Crippen LogP contribution in [0.2, 0.25) is 0 Å². The number of primary amides is 1. The molecule has 2 N–H and O–H groups in total. The van der Waals surface area contributed by atoms with Gasteiger partial charge in [0.1, 0.15) is 12.3 Å². The molecule has 0 radical (unpaired) electrons. The summed E-state index contributed by atoms with van der Waals surface area (Å²) in [5.41, 5.74) is 5.60. The van der Waals surface area contributed by atoms with Gasteiger partial charge in [-0.1, -0.05) is 27.7 Å². The van der Waals surface area contributed by atoms with Gasteiger partial charge in [0.05, 0.1) is 13.2 Å². The first kappa shape index (κ1) is 23.1. The second kappa shape index (κ2) is 13.3. The first-order valence-electron chi connectivity index (χ1n) is 10.0. The Hall–Kier alpha value is -1.93. The SMILES string of the molecule is CC.CCCN(CCC)c1nc(OCCN2CCOCC2)cc(C(N)=O)n1.[HH]. The van der Waals surface area contributed by atoms with Crippen LogP contribution in [0.3, 0.4) is 0 Å². The van der Waals surface area contributed by atoms with E-state index in [1.165, 1.54) is 6.07 Å². The zero-order valence-corrected chi connectivity index (χ0v) is 17.2. The Morgan fingerprint density at radius 3 is 2.44 bits per heavy atom.